The van der Waals surface area contributed by atoms with Gasteiger partial charge in [-0.3, -0.25) is 9.48 Å². The van der Waals surface area contributed by atoms with Gasteiger partial charge in [0.05, 0.1) is 22.5 Å². The maximum Gasteiger partial charge on any atom is 0.416 e. The van der Waals surface area contributed by atoms with Crippen LogP contribution in [0, 0.1) is 6.92 Å². The maximum atomic E-state index is 12.7. The number of benzene rings is 1. The number of halogens is 4. The van der Waals surface area contributed by atoms with Crippen molar-refractivity contribution in [2.45, 2.75) is 13.1 Å². The average Bonchev–Trinajstić information content (AvgIpc) is 2.70. The molecule has 0 aliphatic rings. The molecule has 0 bridgehead atoms. The summed E-state index contributed by atoms with van der Waals surface area (Å²) in [6.45, 7) is 1.65. The predicted octanol–water partition coefficient (Wildman–Crippen LogP) is 3.76. The first-order valence-corrected chi connectivity index (χ1v) is 6.66. The first-order valence-electron chi connectivity index (χ1n) is 5.87. The molecule has 0 unspecified atom stereocenters. The number of nitrogens with zero attached hydrogens (tertiary/aromatic N) is 2. The van der Waals surface area contributed by atoms with Gasteiger partial charge in [0, 0.05) is 17.7 Å². The van der Waals surface area contributed by atoms with E-state index in [0.29, 0.717) is 15.7 Å². The van der Waals surface area contributed by atoms with Crippen LogP contribution in [0.25, 0.3) is 0 Å². The molecule has 1 N–H and O–H groups in total. The first-order chi connectivity index (χ1) is 9.68. The third-order valence-corrected chi connectivity index (χ3v) is 3.49. The lowest BCUT2D eigenvalue weighted by Gasteiger charge is -2.11. The summed E-state index contributed by atoms with van der Waals surface area (Å²) in [5.74, 6) is -0.513. The van der Waals surface area contributed by atoms with Gasteiger partial charge in [0.15, 0.2) is 0 Å². The van der Waals surface area contributed by atoms with Crippen molar-refractivity contribution in [1.82, 2.24) is 9.78 Å². The molecule has 1 heterocycles. The van der Waals surface area contributed by atoms with E-state index in [4.69, 9.17) is 0 Å². The second kappa shape index (κ2) is 5.51. The van der Waals surface area contributed by atoms with Crippen LogP contribution >= 0.6 is 15.9 Å². The molecule has 8 heteroatoms. The summed E-state index contributed by atoms with van der Waals surface area (Å²) < 4.78 is 39.9. The number of hydrogen-bond acceptors (Lipinski definition) is 2. The zero-order valence-electron chi connectivity index (χ0n) is 11.1. The van der Waals surface area contributed by atoms with Gasteiger partial charge in [-0.1, -0.05) is 0 Å². The first kappa shape index (κ1) is 15.6. The number of aromatic nitrogens is 2. The number of carbonyl (C=O) groups is 1. The largest absolute Gasteiger partial charge is 0.416 e. The average molecular weight is 362 g/mol. The summed E-state index contributed by atoms with van der Waals surface area (Å²) >= 11 is 3.12. The molecular weight excluding hydrogens is 351 g/mol. The van der Waals surface area contributed by atoms with E-state index in [0.717, 1.165) is 12.1 Å². The molecule has 0 fully saturated rings. The van der Waals surface area contributed by atoms with Crippen molar-refractivity contribution in [3.8, 4) is 0 Å². The van der Waals surface area contributed by atoms with Crippen molar-refractivity contribution in [1.29, 1.82) is 0 Å². The van der Waals surface area contributed by atoms with Crippen LogP contribution in [0.5, 0.6) is 0 Å². The van der Waals surface area contributed by atoms with Gasteiger partial charge in [0.2, 0.25) is 0 Å². The van der Waals surface area contributed by atoms with E-state index in [1.165, 1.54) is 16.9 Å². The van der Waals surface area contributed by atoms with Crippen LogP contribution in [-0.4, -0.2) is 15.7 Å². The van der Waals surface area contributed by atoms with Crippen molar-refractivity contribution in [2.24, 2.45) is 7.05 Å². The van der Waals surface area contributed by atoms with Gasteiger partial charge in [-0.2, -0.15) is 18.3 Å². The van der Waals surface area contributed by atoms with Crippen molar-refractivity contribution >= 4 is 27.5 Å². The van der Waals surface area contributed by atoms with Gasteiger partial charge in [0.1, 0.15) is 0 Å². The van der Waals surface area contributed by atoms with E-state index in [9.17, 15) is 18.0 Å². The van der Waals surface area contributed by atoms with Gasteiger partial charge >= 0.3 is 6.18 Å². The van der Waals surface area contributed by atoms with Gasteiger partial charge in [0.25, 0.3) is 5.91 Å². The van der Waals surface area contributed by atoms with Crippen LogP contribution in [0.1, 0.15) is 21.6 Å². The lowest BCUT2D eigenvalue weighted by atomic mass is 10.2. The van der Waals surface area contributed by atoms with Gasteiger partial charge in [-0.15, -0.1) is 0 Å². The molecule has 1 aromatic heterocycles. The molecule has 2 rings (SSSR count). The van der Waals surface area contributed by atoms with E-state index in [-0.39, 0.29) is 5.69 Å². The lowest BCUT2D eigenvalue weighted by Crippen LogP contribution is -2.14. The Kier molecular flexibility index (Phi) is 4.08. The molecule has 0 saturated heterocycles. The van der Waals surface area contributed by atoms with Crippen LogP contribution in [0.4, 0.5) is 18.9 Å². The zero-order chi connectivity index (χ0) is 15.8. The Morgan fingerprint density at radius 2 is 2.05 bits per heavy atom. The Morgan fingerprint density at radius 1 is 1.38 bits per heavy atom. The minimum atomic E-state index is -4.47. The Labute approximate surface area is 127 Å². The van der Waals surface area contributed by atoms with E-state index in [1.807, 2.05) is 0 Å². The highest BCUT2D eigenvalue weighted by molar-refractivity contribution is 9.10. The van der Waals surface area contributed by atoms with Crippen LogP contribution in [0.15, 0.2) is 28.9 Å². The normalized spacial score (nSPS) is 11.5. The highest BCUT2D eigenvalue weighted by Crippen LogP contribution is 2.34. The molecule has 0 spiro atoms. The molecule has 0 saturated carbocycles. The van der Waals surface area contributed by atoms with Crippen LogP contribution in [0.2, 0.25) is 0 Å². The van der Waals surface area contributed by atoms with Crippen LogP contribution in [0.3, 0.4) is 0 Å². The van der Waals surface area contributed by atoms with Gasteiger partial charge < -0.3 is 5.32 Å². The molecule has 0 aliphatic heterocycles. The van der Waals surface area contributed by atoms with Crippen LogP contribution < -0.4 is 5.32 Å². The van der Waals surface area contributed by atoms with E-state index >= 15 is 0 Å². The number of anilines is 1. The van der Waals surface area contributed by atoms with E-state index in [1.54, 1.807) is 14.0 Å². The van der Waals surface area contributed by atoms with E-state index < -0.39 is 17.6 Å². The van der Waals surface area contributed by atoms with Crippen molar-refractivity contribution in [3.63, 3.8) is 0 Å². The zero-order valence-corrected chi connectivity index (χ0v) is 12.7. The van der Waals surface area contributed by atoms with Gasteiger partial charge in [-0.05, 0) is 41.1 Å². The van der Waals surface area contributed by atoms with Crippen molar-refractivity contribution in [3.05, 3.63) is 45.7 Å². The summed E-state index contributed by atoms with van der Waals surface area (Å²) in [6.07, 6.45) is -2.96. The number of alkyl halides is 3. The third kappa shape index (κ3) is 3.44. The molecule has 2 aromatic rings. The molecule has 0 radical (unpaired) electrons. The maximum absolute atomic E-state index is 12.7. The highest BCUT2D eigenvalue weighted by atomic mass is 79.9. The second-order valence-electron chi connectivity index (χ2n) is 4.45. The summed E-state index contributed by atoms with van der Waals surface area (Å²) in [5.41, 5.74) is 0.0295. The molecule has 0 aliphatic carbocycles. The van der Waals surface area contributed by atoms with Crippen LogP contribution in [-0.2, 0) is 13.2 Å². The summed E-state index contributed by atoms with van der Waals surface area (Å²) in [4.78, 5) is 12.1. The predicted molar refractivity (Wildman–Crippen MR) is 75.0 cm³/mol. The minimum Gasteiger partial charge on any atom is -0.321 e. The Morgan fingerprint density at radius 3 is 2.57 bits per heavy atom. The molecular formula is C13H11BrF3N3O. The number of rotatable bonds is 2. The monoisotopic (exact) mass is 361 g/mol. The highest BCUT2D eigenvalue weighted by Gasteiger charge is 2.31. The minimum absolute atomic E-state index is 0.0538. The Hall–Kier alpha value is -1.83. The molecule has 1 aromatic carbocycles. The van der Waals surface area contributed by atoms with Gasteiger partial charge in [-0.25, -0.2) is 0 Å². The SMILES string of the molecule is Cc1nn(C)cc1C(=O)Nc1cc(C(F)(F)F)ccc1Br. The summed E-state index contributed by atoms with van der Waals surface area (Å²) in [5, 5.41) is 6.47. The lowest BCUT2D eigenvalue weighted by molar-refractivity contribution is -0.137. The second-order valence-corrected chi connectivity index (χ2v) is 5.30. The fraction of sp³-hybridized carbons (Fsp3) is 0.231. The third-order valence-electron chi connectivity index (χ3n) is 2.80. The number of hydrogen-bond donors (Lipinski definition) is 1. The number of nitrogens with one attached hydrogen (secondary N) is 1. The molecule has 4 nitrogen and oxygen atoms in total. The fourth-order valence-corrected chi connectivity index (χ4v) is 2.16. The fourth-order valence-electron chi connectivity index (χ4n) is 1.81. The molecule has 1 amide bonds. The Bertz CT molecular complexity index is 694. The Balaban J connectivity index is 2.31. The van der Waals surface area contributed by atoms with Crippen molar-refractivity contribution < 1.29 is 18.0 Å². The molecule has 0 atom stereocenters. The summed E-state index contributed by atoms with van der Waals surface area (Å²) in [6, 6.07) is 3.07. The quantitative estimate of drug-likeness (QED) is 0.884. The smallest absolute Gasteiger partial charge is 0.321 e. The van der Waals surface area contributed by atoms with E-state index in [2.05, 4.69) is 26.3 Å². The number of aryl methyl sites for hydroxylation is 2. The topological polar surface area (TPSA) is 46.9 Å². The number of amides is 1. The standard InChI is InChI=1S/C13H11BrF3N3O/c1-7-9(6-20(2)19-7)12(21)18-11-5-8(13(15,16)17)3-4-10(11)14/h3-6H,1-2H3,(H,18,21). The number of carbonyl (C=O) groups excluding carboxylic acids is 1. The molecule has 21 heavy (non-hydrogen) atoms. The summed E-state index contributed by atoms with van der Waals surface area (Å²) in [7, 11) is 1.66. The molecule has 112 valence electrons. The van der Waals surface area contributed by atoms with Crippen molar-refractivity contribution in [2.75, 3.05) is 5.32 Å².